The van der Waals surface area contributed by atoms with Crippen LogP contribution in [-0.4, -0.2) is 140 Å². The lowest BCUT2D eigenvalue weighted by atomic mass is 10.2. The van der Waals surface area contributed by atoms with Crippen LogP contribution in [0, 0.1) is 0 Å². The fourth-order valence-electron chi connectivity index (χ4n) is 3.49. The monoisotopic (exact) mass is 704 g/mol. The first-order valence-corrected chi connectivity index (χ1v) is 17.2. The smallest absolute Gasteiger partial charge is 0.409 e. The van der Waals surface area contributed by atoms with Crippen molar-refractivity contribution in [2.45, 2.75) is 43.5 Å². The van der Waals surface area contributed by atoms with Crippen LogP contribution in [0.15, 0.2) is 0 Å². The average molecular weight is 705 g/mol. The second-order valence-corrected chi connectivity index (χ2v) is 12.3. The SMILES string of the molecule is COCCOCCNC(=O)OCC(COC(=O)NCOCCOC)OCN1C(=O)CC(SCCCCCCOP(=O)([O-])OC)C1=O. The summed E-state index contributed by atoms with van der Waals surface area (Å²) >= 11 is 1.35. The Balaban J connectivity index is 2.48. The van der Waals surface area contributed by atoms with E-state index in [0.29, 0.717) is 32.0 Å². The number of methoxy groups -OCH3 is 2. The van der Waals surface area contributed by atoms with Gasteiger partial charge in [0, 0.05) is 34.3 Å². The predicted molar refractivity (Wildman–Crippen MR) is 161 cm³/mol. The third kappa shape index (κ3) is 20.2. The molecule has 2 N–H and O–H groups in total. The normalized spacial score (nSPS) is 16.7. The molecule has 1 heterocycles. The van der Waals surface area contributed by atoms with Crippen molar-refractivity contribution in [2.75, 3.05) is 99.9 Å². The minimum Gasteiger partial charge on any atom is -0.756 e. The number of imide groups is 1. The first-order chi connectivity index (χ1) is 22.1. The van der Waals surface area contributed by atoms with Gasteiger partial charge in [0.1, 0.15) is 32.8 Å². The molecule has 1 rings (SSSR count). The van der Waals surface area contributed by atoms with Gasteiger partial charge in [0.05, 0.1) is 44.9 Å². The van der Waals surface area contributed by atoms with Crippen LogP contribution in [0.4, 0.5) is 9.59 Å². The van der Waals surface area contributed by atoms with Crippen LogP contribution in [0.2, 0.25) is 0 Å². The lowest BCUT2D eigenvalue weighted by molar-refractivity contribution is -0.223. The summed E-state index contributed by atoms with van der Waals surface area (Å²) in [6, 6.07) is 0. The molecule has 1 aliphatic heterocycles. The van der Waals surface area contributed by atoms with E-state index in [1.807, 2.05) is 0 Å². The van der Waals surface area contributed by atoms with Crippen molar-refractivity contribution in [3.63, 3.8) is 0 Å². The lowest BCUT2D eigenvalue weighted by Gasteiger charge is -2.22. The number of nitrogens with zero attached hydrogens (tertiary/aromatic N) is 1. The highest BCUT2D eigenvalue weighted by atomic mass is 32.2. The molecule has 1 aliphatic rings. The van der Waals surface area contributed by atoms with E-state index in [9.17, 15) is 28.6 Å². The van der Waals surface area contributed by atoms with Gasteiger partial charge < -0.3 is 52.4 Å². The van der Waals surface area contributed by atoms with Gasteiger partial charge in [-0.15, -0.1) is 11.8 Å². The van der Waals surface area contributed by atoms with E-state index in [0.717, 1.165) is 31.3 Å². The molecule has 0 aromatic heterocycles. The quantitative estimate of drug-likeness (QED) is 0.0493. The number of rotatable bonds is 28. The van der Waals surface area contributed by atoms with E-state index in [1.165, 1.54) is 18.9 Å². The maximum absolute atomic E-state index is 12.9. The maximum atomic E-state index is 12.9. The highest BCUT2D eigenvalue weighted by Gasteiger charge is 2.39. The summed E-state index contributed by atoms with van der Waals surface area (Å²) in [6.07, 6.45) is 0.238. The number of unbranched alkanes of at least 4 members (excludes halogenated alkanes) is 3. The zero-order valence-electron chi connectivity index (χ0n) is 26.6. The van der Waals surface area contributed by atoms with Gasteiger partial charge in [0.15, 0.2) is 0 Å². The van der Waals surface area contributed by atoms with E-state index < -0.39 is 49.9 Å². The number of hydrogen-bond donors (Lipinski definition) is 2. The van der Waals surface area contributed by atoms with Gasteiger partial charge in [-0.05, 0) is 18.6 Å². The molecule has 3 atom stereocenters. The zero-order chi connectivity index (χ0) is 34.0. The second-order valence-electron chi connectivity index (χ2n) is 9.47. The Kier molecular flexibility index (Phi) is 23.7. The molecule has 0 saturated carbocycles. The van der Waals surface area contributed by atoms with Crippen LogP contribution in [0.1, 0.15) is 32.1 Å². The molecule has 0 radical (unpaired) electrons. The zero-order valence-corrected chi connectivity index (χ0v) is 28.3. The molecule has 18 nitrogen and oxygen atoms in total. The topological polar surface area (TPSA) is 219 Å². The van der Waals surface area contributed by atoms with E-state index >= 15 is 0 Å². The summed E-state index contributed by atoms with van der Waals surface area (Å²) in [4.78, 5) is 61.7. The molecule has 20 heteroatoms. The van der Waals surface area contributed by atoms with Crippen molar-refractivity contribution in [3.05, 3.63) is 0 Å². The van der Waals surface area contributed by atoms with Crippen molar-refractivity contribution in [1.29, 1.82) is 0 Å². The Hall–Kier alpha value is -2.06. The number of carbonyl (C=O) groups excluding carboxylic acids is 4. The molecule has 4 amide bonds. The number of hydrogen-bond acceptors (Lipinski definition) is 16. The van der Waals surface area contributed by atoms with Crippen LogP contribution >= 0.6 is 19.6 Å². The molecule has 1 fully saturated rings. The van der Waals surface area contributed by atoms with E-state index in [1.54, 1.807) is 7.11 Å². The van der Waals surface area contributed by atoms with Gasteiger partial charge in [-0.1, -0.05) is 12.8 Å². The fraction of sp³-hybridized carbons (Fsp3) is 0.846. The molecule has 46 heavy (non-hydrogen) atoms. The minimum absolute atomic E-state index is 0.00844. The summed E-state index contributed by atoms with van der Waals surface area (Å²) in [5, 5.41) is 4.31. The third-order valence-corrected chi connectivity index (χ3v) is 8.21. The third-order valence-electron chi connectivity index (χ3n) is 5.97. The Morgan fingerprint density at radius 2 is 1.57 bits per heavy atom. The van der Waals surface area contributed by atoms with Crippen molar-refractivity contribution >= 4 is 43.6 Å². The Bertz CT molecular complexity index is 935. The molecule has 0 aromatic carbocycles. The van der Waals surface area contributed by atoms with Crippen LogP contribution in [0.3, 0.4) is 0 Å². The van der Waals surface area contributed by atoms with Gasteiger partial charge in [0.2, 0.25) is 11.8 Å². The predicted octanol–water partition coefficient (Wildman–Crippen LogP) is 0.618. The molecule has 0 aliphatic carbocycles. The van der Waals surface area contributed by atoms with Crippen molar-refractivity contribution < 1.29 is 70.8 Å². The summed E-state index contributed by atoms with van der Waals surface area (Å²) in [6.45, 7) is 0.612. The molecule has 0 spiro atoms. The van der Waals surface area contributed by atoms with Gasteiger partial charge >= 0.3 is 12.2 Å². The van der Waals surface area contributed by atoms with Crippen molar-refractivity contribution in [2.24, 2.45) is 0 Å². The summed E-state index contributed by atoms with van der Waals surface area (Å²) in [5.41, 5.74) is 0. The molecular weight excluding hydrogens is 657 g/mol. The first kappa shape index (κ1) is 42.0. The maximum Gasteiger partial charge on any atom is 0.409 e. The molecule has 0 bridgehead atoms. The van der Waals surface area contributed by atoms with Crippen LogP contribution in [0.25, 0.3) is 0 Å². The van der Waals surface area contributed by atoms with Crippen molar-refractivity contribution in [1.82, 2.24) is 15.5 Å². The van der Waals surface area contributed by atoms with Gasteiger partial charge in [-0.2, -0.15) is 0 Å². The molecule has 0 aromatic rings. The molecule has 1 saturated heterocycles. The standard InChI is InChI=1S/C26H48N3O15PS/c1-36-11-13-39-10-8-27-25(32)41-17-21(18-42-26(33)28-19-40-14-12-37-2)43-20-29-23(30)16-22(24(29)31)46-15-7-5-4-6-9-44-45(34,35)38-3/h21-22H,4-20H2,1-3H3,(H,27,32)(H,28,33)(H,34,35)/p-1. The number of phosphoric acid groups is 1. The highest BCUT2D eigenvalue weighted by Crippen LogP contribution is 2.36. The van der Waals surface area contributed by atoms with E-state index in [2.05, 4.69) is 19.7 Å². The number of alkyl carbamates (subject to hydrolysis) is 2. The Labute approximate surface area is 273 Å². The number of carbonyl (C=O) groups is 4. The highest BCUT2D eigenvalue weighted by molar-refractivity contribution is 8.00. The first-order valence-electron chi connectivity index (χ1n) is 14.7. The van der Waals surface area contributed by atoms with E-state index in [4.69, 9.17) is 33.2 Å². The van der Waals surface area contributed by atoms with Crippen molar-refractivity contribution in [3.8, 4) is 0 Å². The number of ether oxygens (including phenoxy) is 7. The van der Waals surface area contributed by atoms with Crippen LogP contribution in [0.5, 0.6) is 0 Å². The van der Waals surface area contributed by atoms with Gasteiger partial charge in [0.25, 0.3) is 7.82 Å². The Morgan fingerprint density at radius 1 is 0.913 bits per heavy atom. The summed E-state index contributed by atoms with van der Waals surface area (Å²) < 4.78 is 56.1. The number of amides is 4. The van der Waals surface area contributed by atoms with Gasteiger partial charge in [-0.25, -0.2) is 9.59 Å². The molecule has 3 unspecified atom stereocenters. The number of phosphoric ester groups is 1. The summed E-state index contributed by atoms with van der Waals surface area (Å²) in [5.74, 6) is -0.206. The van der Waals surface area contributed by atoms with Crippen LogP contribution < -0.4 is 15.5 Å². The fourth-order valence-corrected chi connectivity index (χ4v) is 5.13. The summed E-state index contributed by atoms with van der Waals surface area (Å²) in [7, 11) is -0.127. The second kappa shape index (κ2) is 26.0. The minimum atomic E-state index is -4.22. The average Bonchev–Trinajstić information content (AvgIpc) is 3.30. The van der Waals surface area contributed by atoms with Gasteiger partial charge in [-0.3, -0.25) is 24.4 Å². The number of likely N-dealkylation sites (tertiary alicyclic amines) is 1. The Morgan fingerprint density at radius 3 is 2.24 bits per heavy atom. The lowest BCUT2D eigenvalue weighted by Crippen LogP contribution is -2.39. The number of thioether (sulfide) groups is 1. The molecular formula is C26H47N3O15PS-. The number of nitrogens with one attached hydrogen (secondary N) is 2. The van der Waals surface area contributed by atoms with Crippen LogP contribution in [-0.2, 0) is 56.4 Å². The molecule has 268 valence electrons. The van der Waals surface area contributed by atoms with E-state index in [-0.39, 0.29) is 52.7 Å². The largest absolute Gasteiger partial charge is 0.756 e.